The third kappa shape index (κ3) is 2.52. The number of benzene rings is 1. The normalized spacial score (nSPS) is 10.3. The lowest BCUT2D eigenvalue weighted by Crippen LogP contribution is -2.03. The number of ketones is 1. The zero-order chi connectivity index (χ0) is 11.4. The molecule has 0 aliphatic rings. The third-order valence-electron chi connectivity index (χ3n) is 2.21. The number of imidazole rings is 1. The lowest BCUT2D eigenvalue weighted by molar-refractivity contribution is 0.102. The summed E-state index contributed by atoms with van der Waals surface area (Å²) in [6.07, 6.45) is 3.60. The first-order valence-corrected chi connectivity index (χ1v) is 5.94. The van der Waals surface area contributed by atoms with Gasteiger partial charge in [0.05, 0.1) is 5.75 Å². The summed E-state index contributed by atoms with van der Waals surface area (Å²) in [6, 6.07) is 9.32. The zero-order valence-electron chi connectivity index (χ0n) is 8.96. The molecule has 0 unspecified atom stereocenters. The van der Waals surface area contributed by atoms with Crippen LogP contribution in [0.25, 0.3) is 0 Å². The number of hydrogen-bond acceptors (Lipinski definition) is 3. The maximum atomic E-state index is 11.8. The van der Waals surface area contributed by atoms with Gasteiger partial charge in [0, 0.05) is 25.0 Å². The van der Waals surface area contributed by atoms with Crippen LogP contribution in [0, 0.1) is 0 Å². The summed E-state index contributed by atoms with van der Waals surface area (Å²) in [7, 11) is 1.92. The Kier molecular flexibility index (Phi) is 3.41. The summed E-state index contributed by atoms with van der Waals surface area (Å²) >= 11 is 1.46. The second-order valence-corrected chi connectivity index (χ2v) is 4.34. The molecule has 0 atom stereocenters. The van der Waals surface area contributed by atoms with Crippen LogP contribution < -0.4 is 0 Å². The van der Waals surface area contributed by atoms with Crippen LogP contribution in [-0.4, -0.2) is 21.1 Å². The van der Waals surface area contributed by atoms with Crippen molar-refractivity contribution >= 4 is 17.5 Å². The van der Waals surface area contributed by atoms with Gasteiger partial charge in [-0.1, -0.05) is 42.1 Å². The molecule has 82 valence electrons. The van der Waals surface area contributed by atoms with Crippen LogP contribution >= 0.6 is 11.8 Å². The minimum Gasteiger partial charge on any atom is -0.329 e. The largest absolute Gasteiger partial charge is 0.329 e. The molecule has 0 saturated heterocycles. The Labute approximate surface area is 98.5 Å². The molecular formula is C12H12N2OS. The monoisotopic (exact) mass is 232 g/mol. The van der Waals surface area contributed by atoms with Crippen molar-refractivity contribution in [3.63, 3.8) is 0 Å². The van der Waals surface area contributed by atoms with Gasteiger partial charge in [-0.2, -0.15) is 0 Å². The van der Waals surface area contributed by atoms with E-state index in [-0.39, 0.29) is 5.78 Å². The van der Waals surface area contributed by atoms with E-state index in [1.807, 2.05) is 48.1 Å². The summed E-state index contributed by atoms with van der Waals surface area (Å²) < 4.78 is 1.91. The molecule has 16 heavy (non-hydrogen) atoms. The maximum absolute atomic E-state index is 11.8. The Morgan fingerprint density at radius 3 is 2.75 bits per heavy atom. The van der Waals surface area contributed by atoms with E-state index in [0.29, 0.717) is 5.75 Å². The molecule has 0 N–H and O–H groups in total. The number of aryl methyl sites for hydroxylation is 1. The van der Waals surface area contributed by atoms with Gasteiger partial charge in [-0.05, 0) is 0 Å². The number of rotatable bonds is 4. The fraction of sp³-hybridized carbons (Fsp3) is 0.167. The van der Waals surface area contributed by atoms with E-state index in [1.54, 1.807) is 6.20 Å². The molecule has 0 spiro atoms. The molecule has 0 fully saturated rings. The van der Waals surface area contributed by atoms with E-state index in [4.69, 9.17) is 0 Å². The summed E-state index contributed by atoms with van der Waals surface area (Å²) in [5, 5.41) is 0.865. The molecule has 4 heteroatoms. The van der Waals surface area contributed by atoms with Crippen LogP contribution in [0.2, 0.25) is 0 Å². The Hall–Kier alpha value is -1.55. The van der Waals surface area contributed by atoms with Crippen LogP contribution in [0.4, 0.5) is 0 Å². The predicted octanol–water partition coefficient (Wildman–Crippen LogP) is 2.40. The topological polar surface area (TPSA) is 34.9 Å². The average molecular weight is 232 g/mol. The van der Waals surface area contributed by atoms with E-state index in [9.17, 15) is 4.79 Å². The summed E-state index contributed by atoms with van der Waals surface area (Å²) in [5.41, 5.74) is 0.754. The molecule has 0 amide bonds. The third-order valence-corrected chi connectivity index (χ3v) is 3.26. The van der Waals surface area contributed by atoms with Crippen molar-refractivity contribution in [2.75, 3.05) is 5.75 Å². The van der Waals surface area contributed by atoms with E-state index < -0.39 is 0 Å². The van der Waals surface area contributed by atoms with E-state index in [0.717, 1.165) is 10.7 Å². The molecule has 1 heterocycles. The molecule has 3 nitrogen and oxygen atoms in total. The summed E-state index contributed by atoms with van der Waals surface area (Å²) in [6.45, 7) is 0. The van der Waals surface area contributed by atoms with E-state index >= 15 is 0 Å². The molecule has 2 aromatic rings. The Morgan fingerprint density at radius 1 is 1.38 bits per heavy atom. The van der Waals surface area contributed by atoms with Crippen molar-refractivity contribution in [2.45, 2.75) is 5.16 Å². The van der Waals surface area contributed by atoms with Gasteiger partial charge in [0.1, 0.15) is 0 Å². The van der Waals surface area contributed by atoms with Crippen molar-refractivity contribution in [1.29, 1.82) is 0 Å². The van der Waals surface area contributed by atoms with Crippen LogP contribution in [0.15, 0.2) is 47.9 Å². The van der Waals surface area contributed by atoms with Crippen LogP contribution in [0.1, 0.15) is 10.4 Å². The minimum absolute atomic E-state index is 0.133. The second kappa shape index (κ2) is 4.99. The number of hydrogen-bond donors (Lipinski definition) is 0. The standard InChI is InChI=1S/C12H12N2OS/c1-14-8-7-13-12(14)16-9-11(15)10-5-3-2-4-6-10/h2-8H,9H2,1H3. The highest BCUT2D eigenvalue weighted by molar-refractivity contribution is 7.99. The first kappa shape index (κ1) is 11.0. The summed E-state index contributed by atoms with van der Waals surface area (Å²) in [4.78, 5) is 15.9. The molecule has 0 aliphatic carbocycles. The average Bonchev–Trinajstić information content (AvgIpc) is 2.73. The molecule has 0 aliphatic heterocycles. The number of nitrogens with zero attached hydrogens (tertiary/aromatic N) is 2. The molecular weight excluding hydrogens is 220 g/mol. The van der Waals surface area contributed by atoms with Gasteiger partial charge in [0.2, 0.25) is 0 Å². The van der Waals surface area contributed by atoms with Crippen molar-refractivity contribution < 1.29 is 4.79 Å². The van der Waals surface area contributed by atoms with Crippen molar-refractivity contribution in [3.05, 3.63) is 48.3 Å². The van der Waals surface area contributed by atoms with Crippen molar-refractivity contribution in [1.82, 2.24) is 9.55 Å². The number of Topliss-reactive ketones (excluding diaryl/α,β-unsaturated/α-hetero) is 1. The number of aromatic nitrogens is 2. The van der Waals surface area contributed by atoms with Gasteiger partial charge in [0.15, 0.2) is 10.9 Å². The molecule has 2 rings (SSSR count). The maximum Gasteiger partial charge on any atom is 0.173 e. The number of carbonyl (C=O) groups is 1. The highest BCUT2D eigenvalue weighted by Gasteiger charge is 2.07. The van der Waals surface area contributed by atoms with Gasteiger partial charge >= 0.3 is 0 Å². The highest BCUT2D eigenvalue weighted by Crippen LogP contribution is 2.16. The fourth-order valence-electron chi connectivity index (χ4n) is 1.33. The lowest BCUT2D eigenvalue weighted by atomic mass is 10.2. The van der Waals surface area contributed by atoms with Crippen molar-refractivity contribution in [2.24, 2.45) is 7.05 Å². The van der Waals surface area contributed by atoms with Gasteiger partial charge in [-0.25, -0.2) is 4.98 Å². The van der Waals surface area contributed by atoms with Gasteiger partial charge in [0.25, 0.3) is 0 Å². The molecule has 0 radical (unpaired) electrons. The number of thioether (sulfide) groups is 1. The first-order valence-electron chi connectivity index (χ1n) is 4.96. The molecule has 0 saturated carbocycles. The minimum atomic E-state index is 0.133. The van der Waals surface area contributed by atoms with Gasteiger partial charge < -0.3 is 4.57 Å². The molecule has 1 aromatic carbocycles. The SMILES string of the molecule is Cn1ccnc1SCC(=O)c1ccccc1. The molecule has 1 aromatic heterocycles. The van der Waals surface area contributed by atoms with Crippen molar-refractivity contribution in [3.8, 4) is 0 Å². The quantitative estimate of drug-likeness (QED) is 0.599. The molecule has 0 bridgehead atoms. The van der Waals surface area contributed by atoms with E-state index in [1.165, 1.54) is 11.8 Å². The second-order valence-electron chi connectivity index (χ2n) is 3.40. The van der Waals surface area contributed by atoms with Crippen LogP contribution in [0.5, 0.6) is 0 Å². The lowest BCUT2D eigenvalue weighted by Gasteiger charge is -2.01. The van der Waals surface area contributed by atoms with Crippen LogP contribution in [-0.2, 0) is 7.05 Å². The Balaban J connectivity index is 1.97. The highest BCUT2D eigenvalue weighted by atomic mass is 32.2. The Morgan fingerprint density at radius 2 is 2.12 bits per heavy atom. The van der Waals surface area contributed by atoms with Crippen LogP contribution in [0.3, 0.4) is 0 Å². The predicted molar refractivity (Wildman–Crippen MR) is 64.7 cm³/mol. The number of carbonyl (C=O) groups excluding carboxylic acids is 1. The smallest absolute Gasteiger partial charge is 0.173 e. The van der Waals surface area contributed by atoms with Gasteiger partial charge in [-0.3, -0.25) is 4.79 Å². The fourth-order valence-corrected chi connectivity index (χ4v) is 2.16. The summed E-state index contributed by atoms with van der Waals surface area (Å²) in [5.74, 6) is 0.558. The first-order chi connectivity index (χ1) is 7.77. The zero-order valence-corrected chi connectivity index (χ0v) is 9.78. The van der Waals surface area contributed by atoms with E-state index in [2.05, 4.69) is 4.98 Å². The Bertz CT molecular complexity index is 479. The van der Waals surface area contributed by atoms with Gasteiger partial charge in [-0.15, -0.1) is 0 Å².